The maximum absolute atomic E-state index is 11.6. The molecule has 0 aromatic carbocycles. The predicted octanol–water partition coefficient (Wildman–Crippen LogP) is 1.37. The van der Waals surface area contributed by atoms with Gasteiger partial charge in [-0.15, -0.1) is 0 Å². The van der Waals surface area contributed by atoms with Crippen molar-refractivity contribution in [1.82, 2.24) is 15.4 Å². The molecule has 18 heavy (non-hydrogen) atoms. The zero-order chi connectivity index (χ0) is 13.1. The van der Waals surface area contributed by atoms with Crippen LogP contribution < -0.4 is 16.6 Å². The van der Waals surface area contributed by atoms with Crippen molar-refractivity contribution < 1.29 is 9.21 Å². The van der Waals surface area contributed by atoms with Crippen LogP contribution in [0, 0.1) is 6.92 Å². The van der Waals surface area contributed by atoms with Gasteiger partial charge in [0.15, 0.2) is 11.6 Å². The van der Waals surface area contributed by atoms with E-state index in [0.29, 0.717) is 11.4 Å². The molecule has 0 saturated carbocycles. The van der Waals surface area contributed by atoms with E-state index in [-0.39, 0.29) is 16.9 Å². The first-order valence-electron chi connectivity index (χ1n) is 4.97. The van der Waals surface area contributed by atoms with Gasteiger partial charge in [-0.3, -0.25) is 15.6 Å². The second-order valence-electron chi connectivity index (χ2n) is 3.40. The van der Waals surface area contributed by atoms with Crippen LogP contribution in [-0.4, -0.2) is 15.9 Å². The molecule has 0 fully saturated rings. The number of rotatable bonds is 3. The summed E-state index contributed by atoms with van der Waals surface area (Å²) in [4.78, 5) is 19.3. The van der Waals surface area contributed by atoms with E-state index in [1.165, 1.54) is 12.3 Å². The number of hydrogen-bond acceptors (Lipinski definition) is 6. The molecule has 0 atom stereocenters. The fourth-order valence-electron chi connectivity index (χ4n) is 1.21. The van der Waals surface area contributed by atoms with E-state index in [2.05, 4.69) is 20.8 Å². The minimum atomic E-state index is -0.437. The van der Waals surface area contributed by atoms with E-state index >= 15 is 0 Å². The monoisotopic (exact) mass is 267 g/mol. The molecule has 0 aliphatic rings. The highest BCUT2D eigenvalue weighted by Gasteiger charge is 2.11. The van der Waals surface area contributed by atoms with Crippen LogP contribution in [-0.2, 0) is 0 Å². The number of amides is 1. The SMILES string of the molecule is Cc1c(Cl)nc(N)nc1NNC(=O)c1ccco1. The molecule has 0 aliphatic heterocycles. The Labute approximate surface area is 107 Å². The Bertz CT molecular complexity index is 570. The Hall–Kier alpha value is -2.28. The van der Waals surface area contributed by atoms with Gasteiger partial charge in [0, 0.05) is 5.56 Å². The van der Waals surface area contributed by atoms with Gasteiger partial charge in [0.25, 0.3) is 0 Å². The number of furan rings is 1. The van der Waals surface area contributed by atoms with Gasteiger partial charge >= 0.3 is 5.91 Å². The normalized spacial score (nSPS) is 10.1. The van der Waals surface area contributed by atoms with Crippen LogP contribution in [0.25, 0.3) is 0 Å². The number of nitrogen functional groups attached to an aromatic ring is 1. The van der Waals surface area contributed by atoms with Gasteiger partial charge in [-0.25, -0.2) is 4.98 Å². The van der Waals surface area contributed by atoms with E-state index < -0.39 is 5.91 Å². The van der Waals surface area contributed by atoms with Gasteiger partial charge in [0.05, 0.1) is 6.26 Å². The summed E-state index contributed by atoms with van der Waals surface area (Å²) in [5.41, 5.74) is 11.0. The standard InChI is InChI=1S/C10H10ClN5O2/c1-5-7(11)13-10(12)14-8(5)15-16-9(17)6-3-2-4-18-6/h2-4H,1H3,(H,16,17)(H3,12,13,14,15). The molecular formula is C10H10ClN5O2. The van der Waals surface area contributed by atoms with Crippen LogP contribution in [0.1, 0.15) is 16.1 Å². The van der Waals surface area contributed by atoms with Crippen molar-refractivity contribution in [3.8, 4) is 0 Å². The quantitative estimate of drug-likeness (QED) is 0.573. The average Bonchev–Trinajstić information content (AvgIpc) is 2.85. The summed E-state index contributed by atoms with van der Waals surface area (Å²) in [5, 5.41) is 0.220. The Kier molecular flexibility index (Phi) is 3.33. The minimum Gasteiger partial charge on any atom is -0.459 e. The van der Waals surface area contributed by atoms with Crippen LogP contribution in [0.15, 0.2) is 22.8 Å². The zero-order valence-corrected chi connectivity index (χ0v) is 10.2. The zero-order valence-electron chi connectivity index (χ0n) is 9.40. The average molecular weight is 268 g/mol. The molecule has 8 heteroatoms. The number of halogens is 1. The van der Waals surface area contributed by atoms with Crippen molar-refractivity contribution in [2.45, 2.75) is 6.92 Å². The second-order valence-corrected chi connectivity index (χ2v) is 3.76. The third-order valence-electron chi connectivity index (χ3n) is 2.14. The number of carbonyl (C=O) groups excluding carboxylic acids is 1. The molecular weight excluding hydrogens is 258 g/mol. The molecule has 7 nitrogen and oxygen atoms in total. The third kappa shape index (κ3) is 2.51. The second kappa shape index (κ2) is 4.92. The van der Waals surface area contributed by atoms with Gasteiger partial charge in [0.1, 0.15) is 5.15 Å². The maximum atomic E-state index is 11.6. The third-order valence-corrected chi connectivity index (χ3v) is 2.51. The summed E-state index contributed by atoms with van der Waals surface area (Å²) >= 11 is 5.83. The number of carbonyl (C=O) groups is 1. The maximum Gasteiger partial charge on any atom is 0.305 e. The fourth-order valence-corrected chi connectivity index (χ4v) is 1.39. The predicted molar refractivity (Wildman–Crippen MR) is 66.0 cm³/mol. The summed E-state index contributed by atoms with van der Waals surface area (Å²) in [7, 11) is 0. The molecule has 2 heterocycles. The smallest absolute Gasteiger partial charge is 0.305 e. The van der Waals surface area contributed by atoms with Gasteiger partial charge in [0.2, 0.25) is 5.95 Å². The highest BCUT2D eigenvalue weighted by Crippen LogP contribution is 2.19. The highest BCUT2D eigenvalue weighted by molar-refractivity contribution is 6.30. The topological polar surface area (TPSA) is 106 Å². The molecule has 0 spiro atoms. The fraction of sp³-hybridized carbons (Fsp3) is 0.100. The Morgan fingerprint density at radius 2 is 2.28 bits per heavy atom. The molecule has 0 unspecified atom stereocenters. The summed E-state index contributed by atoms with van der Waals surface area (Å²) in [6.07, 6.45) is 1.40. The van der Waals surface area contributed by atoms with Gasteiger partial charge in [-0.2, -0.15) is 4.98 Å². The van der Waals surface area contributed by atoms with Gasteiger partial charge in [-0.05, 0) is 19.1 Å². The Morgan fingerprint density at radius 3 is 2.94 bits per heavy atom. The van der Waals surface area contributed by atoms with E-state index in [0.717, 1.165) is 0 Å². The molecule has 4 N–H and O–H groups in total. The summed E-state index contributed by atoms with van der Waals surface area (Å²) in [5.74, 6) is 0.0775. The number of nitrogens with two attached hydrogens (primary N) is 1. The first-order valence-corrected chi connectivity index (χ1v) is 5.35. The van der Waals surface area contributed by atoms with Crippen molar-refractivity contribution in [3.63, 3.8) is 0 Å². The first kappa shape index (κ1) is 12.2. The lowest BCUT2D eigenvalue weighted by Gasteiger charge is -2.10. The molecule has 94 valence electrons. The molecule has 0 aliphatic carbocycles. The highest BCUT2D eigenvalue weighted by atomic mass is 35.5. The van der Waals surface area contributed by atoms with E-state index in [1.54, 1.807) is 13.0 Å². The van der Waals surface area contributed by atoms with E-state index in [9.17, 15) is 4.79 Å². The van der Waals surface area contributed by atoms with Crippen molar-refractivity contribution in [2.24, 2.45) is 0 Å². The van der Waals surface area contributed by atoms with Crippen LogP contribution in [0.5, 0.6) is 0 Å². The van der Waals surface area contributed by atoms with Gasteiger partial charge < -0.3 is 10.2 Å². The minimum absolute atomic E-state index is 0.0142. The van der Waals surface area contributed by atoms with Crippen molar-refractivity contribution in [3.05, 3.63) is 34.9 Å². The van der Waals surface area contributed by atoms with Crippen LogP contribution in [0.3, 0.4) is 0 Å². The largest absolute Gasteiger partial charge is 0.459 e. The first-order chi connectivity index (χ1) is 8.58. The summed E-state index contributed by atoms with van der Waals surface area (Å²) < 4.78 is 4.93. The Balaban J connectivity index is 2.09. The summed E-state index contributed by atoms with van der Waals surface area (Å²) in [6.45, 7) is 1.70. The molecule has 2 aromatic rings. The lowest BCUT2D eigenvalue weighted by atomic mass is 10.3. The number of nitrogens with one attached hydrogen (secondary N) is 2. The van der Waals surface area contributed by atoms with Gasteiger partial charge in [-0.1, -0.05) is 11.6 Å². The molecule has 0 saturated heterocycles. The van der Waals surface area contributed by atoms with E-state index in [1.807, 2.05) is 0 Å². The number of aromatic nitrogens is 2. The Morgan fingerprint density at radius 1 is 1.50 bits per heavy atom. The lowest BCUT2D eigenvalue weighted by Crippen LogP contribution is -2.30. The molecule has 0 bridgehead atoms. The van der Waals surface area contributed by atoms with Crippen molar-refractivity contribution in [1.29, 1.82) is 0 Å². The number of anilines is 2. The molecule has 2 aromatic heterocycles. The molecule has 0 radical (unpaired) electrons. The molecule has 1 amide bonds. The number of hydrazine groups is 1. The molecule has 2 rings (SSSR count). The number of hydrogen-bond donors (Lipinski definition) is 3. The van der Waals surface area contributed by atoms with Crippen LogP contribution >= 0.6 is 11.6 Å². The van der Waals surface area contributed by atoms with Crippen LogP contribution in [0.2, 0.25) is 5.15 Å². The number of nitrogens with zero attached hydrogens (tertiary/aromatic N) is 2. The summed E-state index contributed by atoms with van der Waals surface area (Å²) in [6, 6.07) is 3.14. The van der Waals surface area contributed by atoms with Crippen molar-refractivity contribution in [2.75, 3.05) is 11.2 Å². The van der Waals surface area contributed by atoms with Crippen LogP contribution in [0.4, 0.5) is 11.8 Å². The van der Waals surface area contributed by atoms with Crippen molar-refractivity contribution >= 4 is 29.3 Å². The van der Waals surface area contributed by atoms with E-state index in [4.69, 9.17) is 21.8 Å². The lowest BCUT2D eigenvalue weighted by molar-refractivity contribution is 0.0935.